The topological polar surface area (TPSA) is 37.7 Å². The molecule has 0 saturated heterocycles. The number of benzene rings is 13. The van der Waals surface area contributed by atoms with Gasteiger partial charge in [-0.2, -0.15) is 0 Å². The lowest BCUT2D eigenvalue weighted by Crippen LogP contribution is -2.37. The predicted molar refractivity (Wildman–Crippen MR) is 377 cm³/mol. The van der Waals surface area contributed by atoms with Crippen LogP contribution in [0.4, 0.5) is 34.1 Å². The highest BCUT2D eigenvalue weighted by Crippen LogP contribution is 2.64. The number of para-hydroxylation sites is 5. The van der Waals surface area contributed by atoms with Crippen LogP contribution in [0.25, 0.3) is 104 Å². The Morgan fingerprint density at radius 1 is 0.330 bits per heavy atom. The van der Waals surface area contributed by atoms with Crippen molar-refractivity contribution in [2.24, 2.45) is 0 Å². The summed E-state index contributed by atoms with van der Waals surface area (Å²) >= 11 is 0. The van der Waals surface area contributed by atoms with Crippen LogP contribution in [0, 0.1) is 0 Å². The molecule has 4 heterocycles. The first-order valence-electron chi connectivity index (χ1n) is 30.8. The zero-order valence-electron chi connectivity index (χ0n) is 50.0. The average Bonchev–Trinajstić information content (AvgIpc) is 1.47. The number of furan rings is 2. The lowest BCUT2D eigenvalue weighted by atomic mass is 9.65. The summed E-state index contributed by atoms with van der Waals surface area (Å²) in [6.45, 7) is 14.6. The highest BCUT2D eigenvalue weighted by atomic mass is 28.3. The third-order valence-corrected chi connectivity index (χ3v) is 23.6. The second-order valence-corrected chi connectivity index (χ2v) is 36.5. The first-order valence-corrected chi connectivity index (χ1v) is 37.8. The van der Waals surface area contributed by atoms with Gasteiger partial charge in [-0.05, 0) is 140 Å². The average molecular weight is 1160 g/mol. The molecule has 5 nitrogen and oxygen atoms in total. The Bertz CT molecular complexity index is 5530. The van der Waals surface area contributed by atoms with E-state index in [-0.39, 0.29) is 0 Å². The molecule has 0 bridgehead atoms. The molecule has 3 aromatic heterocycles. The van der Waals surface area contributed by atoms with Crippen molar-refractivity contribution in [2.75, 3.05) is 9.80 Å². The molecule has 1 spiro atoms. The molecule has 2 aliphatic rings. The molecule has 88 heavy (non-hydrogen) atoms. The minimum Gasteiger partial charge on any atom is -0.454 e. The third kappa shape index (κ3) is 7.14. The Balaban J connectivity index is 1.00. The van der Waals surface area contributed by atoms with Crippen LogP contribution >= 0.6 is 0 Å². The number of fused-ring (bicyclic) bond motifs is 22. The highest BCUT2D eigenvalue weighted by molar-refractivity contribution is 6.89. The minimum atomic E-state index is -1.70. The van der Waals surface area contributed by atoms with E-state index in [1.54, 1.807) is 0 Å². The van der Waals surface area contributed by atoms with E-state index in [1.807, 2.05) is 0 Å². The predicted octanol–water partition coefficient (Wildman–Crippen LogP) is 21.6. The summed E-state index contributed by atoms with van der Waals surface area (Å²) in [6.07, 6.45) is 0. The van der Waals surface area contributed by atoms with Crippen molar-refractivity contribution in [2.45, 2.75) is 44.7 Å². The van der Waals surface area contributed by atoms with Crippen LogP contribution in [0.1, 0.15) is 22.3 Å². The zero-order valence-corrected chi connectivity index (χ0v) is 52.0. The van der Waals surface area contributed by atoms with E-state index < -0.39 is 21.6 Å². The Hall–Kier alpha value is -10.2. The summed E-state index contributed by atoms with van der Waals surface area (Å²) in [5.41, 5.74) is 20.0. The smallest absolute Gasteiger partial charge is 0.159 e. The van der Waals surface area contributed by atoms with E-state index in [4.69, 9.17) is 8.83 Å². The second-order valence-electron chi connectivity index (χ2n) is 26.4. The number of hydrogen-bond donors (Lipinski definition) is 0. The molecule has 16 aromatic rings. The summed E-state index contributed by atoms with van der Waals surface area (Å²) in [6, 6.07) is 98.1. The van der Waals surface area contributed by atoms with Crippen LogP contribution in [0.2, 0.25) is 39.3 Å². The zero-order chi connectivity index (χ0) is 58.9. The van der Waals surface area contributed by atoms with Gasteiger partial charge in [0.15, 0.2) is 11.2 Å². The number of aromatic nitrogens is 1. The van der Waals surface area contributed by atoms with E-state index in [1.165, 1.54) is 76.5 Å². The van der Waals surface area contributed by atoms with E-state index in [9.17, 15) is 0 Å². The third-order valence-electron chi connectivity index (χ3n) is 19.4. The van der Waals surface area contributed by atoms with Crippen molar-refractivity contribution in [1.29, 1.82) is 0 Å². The van der Waals surface area contributed by atoms with Crippen LogP contribution in [0.5, 0.6) is 0 Å². The van der Waals surface area contributed by atoms with Gasteiger partial charge < -0.3 is 23.2 Å². The lowest BCUT2D eigenvalue weighted by molar-refractivity contribution is 0.668. The molecule has 420 valence electrons. The molecule has 0 saturated carbocycles. The van der Waals surface area contributed by atoms with E-state index in [0.717, 1.165) is 94.3 Å². The van der Waals surface area contributed by atoms with Crippen molar-refractivity contribution < 1.29 is 8.83 Å². The van der Waals surface area contributed by atoms with Crippen LogP contribution in [-0.4, -0.2) is 20.7 Å². The van der Waals surface area contributed by atoms with Gasteiger partial charge in [0.2, 0.25) is 0 Å². The fourth-order valence-electron chi connectivity index (χ4n) is 15.4. The second kappa shape index (κ2) is 18.4. The van der Waals surface area contributed by atoms with Crippen LogP contribution in [0.15, 0.2) is 270 Å². The van der Waals surface area contributed by atoms with Gasteiger partial charge in [0.25, 0.3) is 0 Å². The van der Waals surface area contributed by atoms with Crippen LogP contribution in [0.3, 0.4) is 0 Å². The number of hydrogen-bond acceptors (Lipinski definition) is 4. The largest absolute Gasteiger partial charge is 0.454 e. The Labute approximate surface area is 512 Å². The number of rotatable bonds is 8. The minimum absolute atomic E-state index is 0.767. The standard InChI is InChI=1S/C81H61N3O2Si2/c1-87(2,3)56-40-35-52(36-41-56)82(72-29-17-25-62-60-23-11-15-31-74(60)85-79(62)72)54-39-46-70-64(47-54)65-48-55(83(53-37-42-57(43-38-53)88(4,5)6)73-30-18-26-63-61-24-12-16-32-75(61)86-80(63)73)49-69-78(65)84(70)71-28-14-13-27-66(71)81(69)67-44-33-50-19-7-9-21-58(50)76(67)77-59-22-10-8-20-51(59)34-45-68(77)81/h7-49H,1-6H3. The molecular formula is C81H61N3O2Si2. The van der Waals surface area contributed by atoms with Gasteiger partial charge in [-0.1, -0.05) is 226 Å². The van der Waals surface area contributed by atoms with Gasteiger partial charge in [0.05, 0.1) is 49.7 Å². The molecular weight excluding hydrogens is 1100 g/mol. The van der Waals surface area contributed by atoms with E-state index in [2.05, 4.69) is 315 Å². The number of nitrogens with zero attached hydrogens (tertiary/aromatic N) is 3. The number of anilines is 6. The summed E-state index contributed by atoms with van der Waals surface area (Å²) in [5, 5.41) is 14.5. The van der Waals surface area contributed by atoms with Gasteiger partial charge in [-0.15, -0.1) is 0 Å². The van der Waals surface area contributed by atoms with Gasteiger partial charge in [0.1, 0.15) is 11.2 Å². The summed E-state index contributed by atoms with van der Waals surface area (Å²) in [7, 11) is -3.34. The summed E-state index contributed by atoms with van der Waals surface area (Å²) in [4.78, 5) is 4.91. The van der Waals surface area contributed by atoms with Crippen LogP contribution in [-0.2, 0) is 5.41 Å². The lowest BCUT2D eigenvalue weighted by Gasteiger charge is -2.40. The Kier molecular flexibility index (Phi) is 10.7. The van der Waals surface area contributed by atoms with Gasteiger partial charge in [-0.3, -0.25) is 0 Å². The maximum atomic E-state index is 7.08. The van der Waals surface area contributed by atoms with Crippen LogP contribution < -0.4 is 20.2 Å². The molecule has 0 radical (unpaired) electrons. The monoisotopic (exact) mass is 1160 g/mol. The molecule has 0 unspecified atom stereocenters. The van der Waals surface area contributed by atoms with Crippen molar-refractivity contribution in [3.63, 3.8) is 0 Å². The first-order chi connectivity index (χ1) is 42.9. The SMILES string of the molecule is C[Si](C)(C)c1ccc(N(c2ccc3c(c2)c2cc(N(c4ccc([Si](C)(C)C)cc4)c4cccc5c4oc4ccccc45)cc4c2n3-c2ccccc2C42c3ccc4ccccc4c3-c3c2ccc2ccccc32)c2cccc3c2oc2ccccc23)cc1. The fourth-order valence-corrected chi connectivity index (χ4v) is 17.7. The summed E-state index contributed by atoms with van der Waals surface area (Å²) in [5.74, 6) is 0. The maximum absolute atomic E-state index is 7.08. The highest BCUT2D eigenvalue weighted by Gasteiger charge is 2.52. The Morgan fingerprint density at radius 2 is 0.784 bits per heavy atom. The Morgan fingerprint density at radius 3 is 1.33 bits per heavy atom. The molecule has 0 fully saturated rings. The molecule has 0 amide bonds. The van der Waals surface area contributed by atoms with Crippen molar-refractivity contribution in [3.8, 4) is 16.8 Å². The van der Waals surface area contributed by atoms with Crippen molar-refractivity contribution >= 4 is 148 Å². The molecule has 1 aliphatic heterocycles. The summed E-state index contributed by atoms with van der Waals surface area (Å²) < 4.78 is 16.6. The molecule has 13 aromatic carbocycles. The maximum Gasteiger partial charge on any atom is 0.159 e. The van der Waals surface area contributed by atoms with Crippen molar-refractivity contribution in [3.05, 3.63) is 283 Å². The van der Waals surface area contributed by atoms with Gasteiger partial charge >= 0.3 is 0 Å². The van der Waals surface area contributed by atoms with Crippen molar-refractivity contribution in [1.82, 2.24) is 4.57 Å². The fraction of sp³-hybridized carbons (Fsp3) is 0.0864. The molecule has 7 heteroatoms. The molecule has 0 N–H and O–H groups in total. The quantitative estimate of drug-likeness (QED) is 0.142. The normalized spacial score (nSPS) is 13.4. The van der Waals surface area contributed by atoms with E-state index >= 15 is 0 Å². The first kappa shape index (κ1) is 51.1. The molecule has 1 aliphatic carbocycles. The van der Waals surface area contributed by atoms with Gasteiger partial charge in [-0.25, -0.2) is 0 Å². The van der Waals surface area contributed by atoms with Gasteiger partial charge in [0, 0.05) is 55.1 Å². The molecule has 0 atom stereocenters. The molecule has 18 rings (SSSR count). The van der Waals surface area contributed by atoms with E-state index in [0.29, 0.717) is 0 Å².